The molecule has 1 fully saturated rings. The second kappa shape index (κ2) is 7.04. The summed E-state index contributed by atoms with van der Waals surface area (Å²) in [7, 11) is 0. The van der Waals surface area contributed by atoms with E-state index >= 15 is 0 Å². The highest BCUT2D eigenvalue weighted by atomic mass is 16.2. The molecule has 0 saturated carbocycles. The quantitative estimate of drug-likeness (QED) is 0.756. The number of carbonyl (C=O) groups excluding carboxylic acids is 1. The van der Waals surface area contributed by atoms with Gasteiger partial charge in [-0.2, -0.15) is 5.10 Å². The van der Waals surface area contributed by atoms with Crippen LogP contribution in [0, 0.1) is 6.92 Å². The Morgan fingerprint density at radius 1 is 1.15 bits per heavy atom. The molecule has 1 saturated heterocycles. The molecule has 4 rings (SSSR count). The summed E-state index contributed by atoms with van der Waals surface area (Å²) in [6, 6.07) is 18.0. The third-order valence-electron chi connectivity index (χ3n) is 4.93. The largest absolute Gasteiger partial charge is 0.322 e. The average Bonchev–Trinajstić information content (AvgIpc) is 3.34. The van der Waals surface area contributed by atoms with Gasteiger partial charge >= 0.3 is 6.03 Å². The van der Waals surface area contributed by atoms with Crippen LogP contribution in [0.1, 0.15) is 30.0 Å². The molecule has 0 aliphatic carbocycles. The Bertz CT molecular complexity index is 904. The minimum absolute atomic E-state index is 0.0478. The fraction of sp³-hybridized carbons (Fsp3) is 0.238. The summed E-state index contributed by atoms with van der Waals surface area (Å²) in [5, 5.41) is 7.29. The fourth-order valence-corrected chi connectivity index (χ4v) is 3.64. The van der Waals surface area contributed by atoms with Gasteiger partial charge in [-0.15, -0.1) is 0 Å². The molecule has 1 aromatic heterocycles. The van der Waals surface area contributed by atoms with Gasteiger partial charge < -0.3 is 10.2 Å². The predicted molar refractivity (Wildman–Crippen MR) is 102 cm³/mol. The highest BCUT2D eigenvalue weighted by molar-refractivity contribution is 5.90. The number of anilines is 1. The van der Waals surface area contributed by atoms with Crippen LogP contribution in [0.2, 0.25) is 0 Å². The number of carbonyl (C=O) groups is 1. The Balaban J connectivity index is 1.53. The summed E-state index contributed by atoms with van der Waals surface area (Å²) < 4.78 is 1.78. The first-order valence-electron chi connectivity index (χ1n) is 8.95. The summed E-state index contributed by atoms with van der Waals surface area (Å²) in [5.74, 6) is 0. The van der Waals surface area contributed by atoms with Crippen LogP contribution in [0.4, 0.5) is 10.5 Å². The maximum Gasteiger partial charge on any atom is 0.322 e. The predicted octanol–water partition coefficient (Wildman–Crippen LogP) is 4.55. The Kier molecular flexibility index (Phi) is 4.44. The van der Waals surface area contributed by atoms with Gasteiger partial charge in [0.25, 0.3) is 0 Å². The first-order chi connectivity index (χ1) is 12.7. The number of hydrogen-bond donors (Lipinski definition) is 1. The zero-order valence-corrected chi connectivity index (χ0v) is 14.8. The van der Waals surface area contributed by atoms with Crippen LogP contribution in [0.25, 0.3) is 5.69 Å². The van der Waals surface area contributed by atoms with E-state index in [1.54, 1.807) is 10.9 Å². The lowest BCUT2D eigenvalue weighted by atomic mass is 9.99. The number of hydrogen-bond acceptors (Lipinski definition) is 2. The number of amides is 2. The first kappa shape index (κ1) is 16.4. The van der Waals surface area contributed by atoms with Crippen LogP contribution >= 0.6 is 0 Å². The molecule has 0 spiro atoms. The molecule has 2 aromatic carbocycles. The van der Waals surface area contributed by atoms with Gasteiger partial charge in [-0.05, 0) is 55.2 Å². The second-order valence-corrected chi connectivity index (χ2v) is 6.64. The zero-order chi connectivity index (χ0) is 17.9. The molecule has 26 heavy (non-hydrogen) atoms. The van der Waals surface area contributed by atoms with Gasteiger partial charge in [-0.1, -0.05) is 30.3 Å². The van der Waals surface area contributed by atoms with Crippen molar-refractivity contribution in [2.75, 3.05) is 11.9 Å². The van der Waals surface area contributed by atoms with Gasteiger partial charge in [0.05, 0.1) is 11.7 Å². The molecule has 3 aromatic rings. The lowest BCUT2D eigenvalue weighted by molar-refractivity contribution is 0.207. The SMILES string of the molecule is Cc1ccccc1[C@@H]1CCCN1C(=O)Nc1cccc(-n2cccn2)c1. The van der Waals surface area contributed by atoms with Crippen molar-refractivity contribution >= 4 is 11.7 Å². The minimum atomic E-state index is -0.0478. The van der Waals surface area contributed by atoms with Gasteiger partial charge in [-0.25, -0.2) is 9.48 Å². The van der Waals surface area contributed by atoms with Crippen LogP contribution in [0.3, 0.4) is 0 Å². The van der Waals surface area contributed by atoms with Crippen LogP contribution < -0.4 is 5.32 Å². The van der Waals surface area contributed by atoms with E-state index in [4.69, 9.17) is 0 Å². The topological polar surface area (TPSA) is 50.2 Å². The molecule has 5 heteroatoms. The number of aromatic nitrogens is 2. The lowest BCUT2D eigenvalue weighted by Crippen LogP contribution is -2.34. The smallest absolute Gasteiger partial charge is 0.317 e. The number of nitrogens with zero attached hydrogens (tertiary/aromatic N) is 3. The van der Waals surface area contributed by atoms with Gasteiger partial charge in [0.15, 0.2) is 0 Å². The molecule has 2 heterocycles. The number of nitrogens with one attached hydrogen (secondary N) is 1. The summed E-state index contributed by atoms with van der Waals surface area (Å²) in [6.45, 7) is 2.89. The molecule has 1 atom stereocenters. The molecular weight excluding hydrogens is 324 g/mol. The number of likely N-dealkylation sites (tertiary alicyclic amines) is 1. The number of benzene rings is 2. The molecule has 0 unspecified atom stereocenters. The van der Waals surface area contributed by atoms with Crippen molar-refractivity contribution in [2.45, 2.75) is 25.8 Å². The van der Waals surface area contributed by atoms with E-state index < -0.39 is 0 Å². The normalized spacial score (nSPS) is 16.7. The van der Waals surface area contributed by atoms with E-state index in [9.17, 15) is 4.79 Å². The molecule has 1 aliphatic heterocycles. The van der Waals surface area contributed by atoms with Crippen LogP contribution in [0.15, 0.2) is 67.0 Å². The molecule has 0 radical (unpaired) electrons. The minimum Gasteiger partial charge on any atom is -0.317 e. The molecule has 5 nitrogen and oxygen atoms in total. The van der Waals surface area contributed by atoms with Crippen molar-refractivity contribution in [2.24, 2.45) is 0 Å². The Labute approximate surface area is 153 Å². The van der Waals surface area contributed by atoms with Crippen LogP contribution in [0.5, 0.6) is 0 Å². The third kappa shape index (κ3) is 3.20. The third-order valence-corrected chi connectivity index (χ3v) is 4.93. The standard InChI is InChI=1S/C21H22N4O/c1-16-7-2-3-10-19(16)20-11-5-13-24(20)21(26)23-17-8-4-9-18(15-17)25-14-6-12-22-25/h2-4,6-10,12,14-15,20H,5,11,13H2,1H3,(H,23,26)/t20-/m0/s1. The Morgan fingerprint density at radius 2 is 2.04 bits per heavy atom. The molecular formula is C21H22N4O. The highest BCUT2D eigenvalue weighted by Crippen LogP contribution is 2.34. The van der Waals surface area contributed by atoms with Crippen molar-refractivity contribution < 1.29 is 4.79 Å². The molecule has 0 bridgehead atoms. The fourth-order valence-electron chi connectivity index (χ4n) is 3.64. The zero-order valence-electron chi connectivity index (χ0n) is 14.8. The van der Waals surface area contributed by atoms with Crippen molar-refractivity contribution in [3.63, 3.8) is 0 Å². The van der Waals surface area contributed by atoms with Crippen molar-refractivity contribution in [3.8, 4) is 5.69 Å². The summed E-state index contributed by atoms with van der Waals surface area (Å²) >= 11 is 0. The van der Waals surface area contributed by atoms with Crippen LogP contribution in [-0.4, -0.2) is 27.3 Å². The highest BCUT2D eigenvalue weighted by Gasteiger charge is 2.30. The lowest BCUT2D eigenvalue weighted by Gasteiger charge is -2.26. The van der Waals surface area contributed by atoms with Gasteiger partial charge in [0.2, 0.25) is 0 Å². The maximum atomic E-state index is 12.9. The first-order valence-corrected chi connectivity index (χ1v) is 8.95. The molecule has 132 valence electrons. The van der Waals surface area contributed by atoms with Gasteiger partial charge in [0.1, 0.15) is 0 Å². The van der Waals surface area contributed by atoms with Crippen molar-refractivity contribution in [1.82, 2.24) is 14.7 Å². The molecule has 1 N–H and O–H groups in total. The molecule has 1 aliphatic rings. The monoisotopic (exact) mass is 346 g/mol. The van der Waals surface area contributed by atoms with E-state index in [0.717, 1.165) is 30.8 Å². The van der Waals surface area contributed by atoms with E-state index in [-0.39, 0.29) is 12.1 Å². The van der Waals surface area contributed by atoms with E-state index in [2.05, 4.69) is 29.5 Å². The number of urea groups is 1. The number of aryl methyl sites for hydroxylation is 1. The Hall–Kier alpha value is -3.08. The maximum absolute atomic E-state index is 12.9. The number of rotatable bonds is 3. The molecule has 2 amide bonds. The van der Waals surface area contributed by atoms with Crippen molar-refractivity contribution in [1.29, 1.82) is 0 Å². The summed E-state index contributed by atoms with van der Waals surface area (Å²) in [5.41, 5.74) is 4.17. The summed E-state index contributed by atoms with van der Waals surface area (Å²) in [6.07, 6.45) is 5.66. The Morgan fingerprint density at radius 3 is 2.85 bits per heavy atom. The summed E-state index contributed by atoms with van der Waals surface area (Å²) in [4.78, 5) is 14.8. The van der Waals surface area contributed by atoms with Gasteiger partial charge in [-0.3, -0.25) is 0 Å². The van der Waals surface area contributed by atoms with E-state index in [1.807, 2.05) is 53.6 Å². The van der Waals surface area contributed by atoms with Gasteiger partial charge in [0, 0.05) is 24.6 Å². The average molecular weight is 346 g/mol. The van der Waals surface area contributed by atoms with E-state index in [1.165, 1.54) is 11.1 Å². The van der Waals surface area contributed by atoms with Crippen molar-refractivity contribution in [3.05, 3.63) is 78.1 Å². The van der Waals surface area contributed by atoms with E-state index in [0.29, 0.717) is 0 Å². The second-order valence-electron chi connectivity index (χ2n) is 6.64. The van der Waals surface area contributed by atoms with Crippen LogP contribution in [-0.2, 0) is 0 Å².